The molecule has 17 heteroatoms. The number of benzene rings is 1. The number of methoxy groups -OCH3 is 1. The number of nitriles is 1. The molecule has 3 atom stereocenters. The van der Waals surface area contributed by atoms with Crippen LogP contribution in [0, 0.1) is 11.5 Å². The number of alkyl halides is 2. The molecule has 3 unspecified atom stereocenters. The van der Waals surface area contributed by atoms with Gasteiger partial charge in [-0.25, -0.2) is 8.78 Å². The minimum atomic E-state index is -10.1. The number of anilines is 1. The Labute approximate surface area is 236 Å². The van der Waals surface area contributed by atoms with E-state index in [4.69, 9.17) is 4.74 Å². The van der Waals surface area contributed by atoms with Crippen molar-refractivity contribution in [2.45, 2.75) is 67.2 Å². The SMILES string of the molecule is COC1CC(C(=O)N(c2ccc(S(F)(F)(F)(F)F)cc2)C(C(=O)NC2CCC(F)(F)CC2)c2ccnnc2)N(C#N)C1. The van der Waals surface area contributed by atoms with Crippen molar-refractivity contribution in [1.82, 2.24) is 20.4 Å². The predicted octanol–water partition coefficient (Wildman–Crippen LogP) is 5.47. The second-order valence-corrected chi connectivity index (χ2v) is 12.7. The van der Waals surface area contributed by atoms with Gasteiger partial charge in [0.2, 0.25) is 11.8 Å². The third kappa shape index (κ3) is 7.04. The van der Waals surface area contributed by atoms with E-state index in [9.17, 15) is 43.1 Å². The summed E-state index contributed by atoms with van der Waals surface area (Å²) in [5, 5.41) is 19.6. The summed E-state index contributed by atoms with van der Waals surface area (Å²) in [6.45, 7) is 0.00433. The number of hydrogen-bond donors (Lipinski definition) is 1. The van der Waals surface area contributed by atoms with Crippen molar-refractivity contribution in [2.75, 3.05) is 18.6 Å². The Balaban J connectivity index is 1.80. The Morgan fingerprint density at radius 2 is 1.76 bits per heavy atom. The molecule has 2 fully saturated rings. The number of aromatic nitrogens is 2. The lowest BCUT2D eigenvalue weighted by Gasteiger charge is -2.41. The van der Waals surface area contributed by atoms with Gasteiger partial charge in [0.1, 0.15) is 17.0 Å². The van der Waals surface area contributed by atoms with E-state index < -0.39 is 69.9 Å². The summed E-state index contributed by atoms with van der Waals surface area (Å²) in [4.78, 5) is 27.5. The topological polar surface area (TPSA) is 111 Å². The minimum Gasteiger partial charge on any atom is -0.379 e. The zero-order valence-corrected chi connectivity index (χ0v) is 22.9. The average Bonchev–Trinajstić information content (AvgIpc) is 3.35. The molecule has 9 nitrogen and oxygen atoms in total. The van der Waals surface area contributed by atoms with E-state index in [0.717, 1.165) is 16.0 Å². The Kier molecular flexibility index (Phi) is 7.87. The number of ether oxygens (including phenoxy) is 1. The van der Waals surface area contributed by atoms with Gasteiger partial charge in [-0.3, -0.25) is 19.4 Å². The van der Waals surface area contributed by atoms with E-state index in [1.54, 1.807) is 0 Å². The van der Waals surface area contributed by atoms with Gasteiger partial charge in [0.15, 0.2) is 6.19 Å². The molecule has 4 rings (SSSR count). The summed E-state index contributed by atoms with van der Waals surface area (Å²) in [5.74, 6) is -4.69. The molecule has 1 N–H and O–H groups in total. The van der Waals surface area contributed by atoms with Crippen molar-refractivity contribution in [2.24, 2.45) is 0 Å². The average molecular weight is 625 g/mol. The fourth-order valence-corrected chi connectivity index (χ4v) is 5.74. The first kappa shape index (κ1) is 31.3. The number of carbonyl (C=O) groups is 2. The van der Waals surface area contributed by atoms with Crippen molar-refractivity contribution in [3.8, 4) is 6.19 Å². The van der Waals surface area contributed by atoms with Crippen LogP contribution in [0.5, 0.6) is 0 Å². The molecule has 2 heterocycles. The van der Waals surface area contributed by atoms with Crippen molar-refractivity contribution in [3.05, 3.63) is 48.3 Å². The van der Waals surface area contributed by atoms with Gasteiger partial charge < -0.3 is 10.1 Å². The zero-order valence-electron chi connectivity index (χ0n) is 22.1. The number of hydrogen-bond acceptors (Lipinski definition) is 7. The third-order valence-electron chi connectivity index (χ3n) is 7.30. The molecule has 1 aliphatic carbocycles. The largest absolute Gasteiger partial charge is 0.379 e. The highest BCUT2D eigenvalue weighted by Crippen LogP contribution is 3.02. The van der Waals surface area contributed by atoms with Crippen LogP contribution in [0.1, 0.15) is 43.7 Å². The molecule has 1 aliphatic heterocycles. The van der Waals surface area contributed by atoms with Gasteiger partial charge >= 0.3 is 10.2 Å². The molecule has 0 bridgehead atoms. The molecular formula is C25H27F7N6O3S. The lowest BCUT2D eigenvalue weighted by atomic mass is 9.91. The normalized spacial score (nSPS) is 23.3. The van der Waals surface area contributed by atoms with Crippen LogP contribution in [0.15, 0.2) is 47.6 Å². The smallest absolute Gasteiger partial charge is 0.310 e. The van der Waals surface area contributed by atoms with Crippen molar-refractivity contribution in [3.63, 3.8) is 0 Å². The van der Waals surface area contributed by atoms with E-state index in [-0.39, 0.29) is 49.2 Å². The first-order chi connectivity index (χ1) is 19.4. The molecule has 0 spiro atoms. The van der Waals surface area contributed by atoms with E-state index in [1.165, 1.54) is 19.4 Å². The summed E-state index contributed by atoms with van der Waals surface area (Å²) in [5.41, 5.74) is -0.324. The van der Waals surface area contributed by atoms with Gasteiger partial charge in [0, 0.05) is 49.9 Å². The fourth-order valence-electron chi connectivity index (χ4n) is 5.09. The third-order valence-corrected chi connectivity index (χ3v) is 8.46. The molecule has 1 aromatic heterocycles. The van der Waals surface area contributed by atoms with Gasteiger partial charge in [-0.1, -0.05) is 19.4 Å². The predicted molar refractivity (Wildman–Crippen MR) is 137 cm³/mol. The number of nitrogens with one attached hydrogen (secondary N) is 1. The number of nitrogens with zero attached hydrogens (tertiary/aromatic N) is 5. The highest BCUT2D eigenvalue weighted by Gasteiger charge is 2.65. The lowest BCUT2D eigenvalue weighted by Crippen LogP contribution is -2.52. The van der Waals surface area contributed by atoms with Crippen molar-refractivity contribution in [1.29, 1.82) is 5.26 Å². The molecular weight excluding hydrogens is 597 g/mol. The Bertz CT molecular complexity index is 1350. The fraction of sp³-hybridized carbons (Fsp3) is 0.480. The number of carbonyl (C=O) groups excluding carboxylic acids is 2. The quantitative estimate of drug-likeness (QED) is 0.306. The molecule has 1 saturated heterocycles. The first-order valence-corrected chi connectivity index (χ1v) is 14.7. The molecule has 42 heavy (non-hydrogen) atoms. The number of rotatable bonds is 8. The van der Waals surface area contributed by atoms with E-state index in [0.29, 0.717) is 12.1 Å². The monoisotopic (exact) mass is 624 g/mol. The molecule has 1 aromatic carbocycles. The minimum absolute atomic E-state index is 0.00433. The molecule has 2 aliphatic rings. The van der Waals surface area contributed by atoms with E-state index in [1.807, 2.05) is 6.19 Å². The van der Waals surface area contributed by atoms with Gasteiger partial charge in [0.25, 0.3) is 5.91 Å². The van der Waals surface area contributed by atoms with Crippen LogP contribution in [0.25, 0.3) is 0 Å². The maximum atomic E-state index is 14.1. The summed E-state index contributed by atoms with van der Waals surface area (Å²) in [7, 11) is -8.72. The van der Waals surface area contributed by atoms with Crippen LogP contribution in [0.2, 0.25) is 0 Å². The Morgan fingerprint density at radius 1 is 1.12 bits per heavy atom. The molecule has 0 radical (unpaired) electrons. The standard InChI is InChI=1S/C25H27F7N6O3S/c1-41-19-12-21(37(14-19)15-33)24(40)38(18-2-4-20(5-3-18)42(28,29,30,31)32)22(16-8-11-34-35-13-16)23(39)36-17-6-9-25(26,27)10-7-17/h2-5,8,11,13,17,19,21-22H,6-7,9-10,12,14H2,1H3,(H,36,39). The summed E-state index contributed by atoms with van der Waals surface area (Å²) >= 11 is 0. The Morgan fingerprint density at radius 3 is 2.29 bits per heavy atom. The summed E-state index contributed by atoms with van der Waals surface area (Å²) in [6.07, 6.45) is 2.43. The van der Waals surface area contributed by atoms with Crippen LogP contribution in [0.4, 0.5) is 33.9 Å². The van der Waals surface area contributed by atoms with E-state index >= 15 is 0 Å². The summed E-state index contributed by atoms with van der Waals surface area (Å²) in [6, 6.07) is -0.811. The molecule has 2 aromatic rings. The van der Waals surface area contributed by atoms with Gasteiger partial charge in [-0.15, -0.1) is 0 Å². The number of halogens is 7. The summed E-state index contributed by atoms with van der Waals surface area (Å²) < 4.78 is 100. The van der Waals surface area contributed by atoms with Gasteiger partial charge in [-0.2, -0.15) is 15.5 Å². The molecule has 2 amide bonds. The first-order valence-electron chi connectivity index (χ1n) is 12.7. The molecule has 230 valence electrons. The molecule has 1 saturated carbocycles. The van der Waals surface area contributed by atoms with Gasteiger partial charge in [-0.05, 0) is 43.2 Å². The highest BCUT2D eigenvalue weighted by atomic mass is 32.5. The second kappa shape index (κ2) is 10.6. The van der Waals surface area contributed by atoms with Crippen LogP contribution in [0.3, 0.4) is 0 Å². The maximum absolute atomic E-state index is 14.1. The number of amides is 2. The van der Waals surface area contributed by atoms with Crippen LogP contribution in [-0.2, 0) is 14.3 Å². The van der Waals surface area contributed by atoms with Crippen LogP contribution >= 0.6 is 10.2 Å². The van der Waals surface area contributed by atoms with Crippen molar-refractivity contribution >= 4 is 27.7 Å². The highest BCUT2D eigenvalue weighted by molar-refractivity contribution is 8.45. The van der Waals surface area contributed by atoms with Crippen LogP contribution in [-0.4, -0.2) is 64.7 Å². The lowest BCUT2D eigenvalue weighted by molar-refractivity contribution is -0.129. The van der Waals surface area contributed by atoms with Crippen molar-refractivity contribution < 1.29 is 42.5 Å². The van der Waals surface area contributed by atoms with Crippen LogP contribution < -0.4 is 10.2 Å². The van der Waals surface area contributed by atoms with Gasteiger partial charge in [0.05, 0.1) is 18.8 Å². The Hall–Kier alpha value is -3.65. The maximum Gasteiger partial charge on any atom is 0.310 e. The number of likely N-dealkylation sites (tertiary alicyclic amines) is 1. The zero-order chi connectivity index (χ0) is 31.0. The van der Waals surface area contributed by atoms with E-state index in [2.05, 4.69) is 15.5 Å². The second-order valence-electron chi connectivity index (χ2n) is 10.2.